The van der Waals surface area contributed by atoms with Crippen molar-refractivity contribution in [3.63, 3.8) is 0 Å². The first-order chi connectivity index (χ1) is 15.0. The molecule has 1 aromatic heterocycles. The molecule has 0 aliphatic heterocycles. The number of benzene rings is 2. The molecule has 164 valence electrons. The second-order valence-electron chi connectivity index (χ2n) is 6.39. The molecule has 1 amide bonds. The number of ether oxygens (including phenoxy) is 3. The first-order valence-corrected chi connectivity index (χ1v) is 11.8. The van der Waals surface area contributed by atoms with Crippen LogP contribution in [0.4, 0.5) is 0 Å². The molecule has 7 nitrogen and oxygen atoms in total. The van der Waals surface area contributed by atoms with Crippen molar-refractivity contribution >= 4 is 45.2 Å². The SMILES string of the molecule is CCOC(=O)c1ccc2c(c1)sc(=NC(=O)c1cccc(OC)c1OC)n2CCSC. The first kappa shape index (κ1) is 22.9. The summed E-state index contributed by atoms with van der Waals surface area (Å²) < 4.78 is 18.6. The summed E-state index contributed by atoms with van der Waals surface area (Å²) in [5.74, 6) is 0.874. The van der Waals surface area contributed by atoms with Crippen molar-refractivity contribution in [2.75, 3.05) is 32.8 Å². The summed E-state index contributed by atoms with van der Waals surface area (Å²) in [5.41, 5.74) is 1.71. The third kappa shape index (κ3) is 4.94. The van der Waals surface area contributed by atoms with Gasteiger partial charge in [0.2, 0.25) is 0 Å². The quantitative estimate of drug-likeness (QED) is 0.473. The molecule has 0 atom stereocenters. The number of rotatable bonds is 8. The van der Waals surface area contributed by atoms with E-state index in [1.807, 2.05) is 16.9 Å². The van der Waals surface area contributed by atoms with Gasteiger partial charge in [0, 0.05) is 12.3 Å². The van der Waals surface area contributed by atoms with Gasteiger partial charge in [0.25, 0.3) is 5.91 Å². The van der Waals surface area contributed by atoms with E-state index < -0.39 is 5.91 Å². The van der Waals surface area contributed by atoms with Crippen LogP contribution < -0.4 is 14.3 Å². The number of para-hydroxylation sites is 1. The number of methoxy groups -OCH3 is 2. The third-order valence-electron chi connectivity index (χ3n) is 4.54. The Hall–Kier alpha value is -2.78. The Morgan fingerprint density at radius 2 is 1.97 bits per heavy atom. The number of hydrogen-bond donors (Lipinski definition) is 0. The molecule has 0 aliphatic rings. The Balaban J connectivity index is 2.12. The van der Waals surface area contributed by atoms with Crippen molar-refractivity contribution < 1.29 is 23.8 Å². The minimum absolute atomic E-state index is 0.312. The largest absolute Gasteiger partial charge is 0.493 e. The molecule has 0 unspecified atom stereocenters. The van der Waals surface area contributed by atoms with E-state index in [1.165, 1.54) is 25.6 Å². The highest BCUT2D eigenvalue weighted by Gasteiger charge is 2.17. The van der Waals surface area contributed by atoms with Gasteiger partial charge in [0.15, 0.2) is 16.3 Å². The van der Waals surface area contributed by atoms with Gasteiger partial charge in [0.1, 0.15) is 0 Å². The lowest BCUT2D eigenvalue weighted by atomic mass is 10.2. The fourth-order valence-electron chi connectivity index (χ4n) is 3.10. The highest BCUT2D eigenvalue weighted by molar-refractivity contribution is 7.98. The molecule has 9 heteroatoms. The molecule has 0 saturated heterocycles. The Kier molecular flexibility index (Phi) is 7.75. The first-order valence-electron chi connectivity index (χ1n) is 9.63. The second-order valence-corrected chi connectivity index (χ2v) is 8.38. The highest BCUT2D eigenvalue weighted by Crippen LogP contribution is 2.31. The standard InChI is InChI=1S/C22H24N2O5S2/c1-5-29-21(26)14-9-10-16-18(13-14)31-22(24(16)11-12-30-4)23-20(25)15-7-6-8-17(27-2)19(15)28-3/h6-10,13H,5,11-12H2,1-4H3. The minimum atomic E-state index is -0.425. The molecular formula is C22H24N2O5S2. The number of thioether (sulfide) groups is 1. The van der Waals surface area contributed by atoms with E-state index in [-0.39, 0.29) is 5.97 Å². The van der Waals surface area contributed by atoms with Gasteiger partial charge >= 0.3 is 5.97 Å². The predicted octanol–water partition coefficient (Wildman–Crippen LogP) is 4.00. The summed E-state index contributed by atoms with van der Waals surface area (Å²) in [5, 5.41) is 0. The van der Waals surface area contributed by atoms with E-state index in [0.29, 0.717) is 40.6 Å². The summed E-state index contributed by atoms with van der Waals surface area (Å²) >= 11 is 3.06. The van der Waals surface area contributed by atoms with E-state index in [1.54, 1.807) is 49.0 Å². The van der Waals surface area contributed by atoms with Gasteiger partial charge in [-0.15, -0.1) is 0 Å². The zero-order valence-electron chi connectivity index (χ0n) is 17.8. The average molecular weight is 461 g/mol. The highest BCUT2D eigenvalue weighted by atomic mass is 32.2. The van der Waals surface area contributed by atoms with E-state index >= 15 is 0 Å². The number of aryl methyl sites for hydroxylation is 1. The fraction of sp³-hybridized carbons (Fsp3) is 0.318. The van der Waals surface area contributed by atoms with Crippen LogP contribution in [0.15, 0.2) is 41.4 Å². The van der Waals surface area contributed by atoms with Crippen LogP contribution in [0.5, 0.6) is 11.5 Å². The second kappa shape index (κ2) is 10.5. The van der Waals surface area contributed by atoms with Crippen LogP contribution in [-0.2, 0) is 11.3 Å². The van der Waals surface area contributed by atoms with Crippen LogP contribution in [0.2, 0.25) is 0 Å². The molecule has 1 heterocycles. The van der Waals surface area contributed by atoms with Crippen LogP contribution >= 0.6 is 23.1 Å². The van der Waals surface area contributed by atoms with Crippen molar-refractivity contribution in [1.29, 1.82) is 0 Å². The lowest BCUT2D eigenvalue weighted by molar-refractivity contribution is 0.0526. The Labute approximate surface area is 188 Å². The molecule has 0 aliphatic carbocycles. The maximum absolute atomic E-state index is 13.0. The third-order valence-corrected chi connectivity index (χ3v) is 6.18. The van der Waals surface area contributed by atoms with Crippen molar-refractivity contribution in [1.82, 2.24) is 4.57 Å². The van der Waals surface area contributed by atoms with E-state index in [4.69, 9.17) is 14.2 Å². The molecule has 0 fully saturated rings. The molecule has 0 radical (unpaired) electrons. The van der Waals surface area contributed by atoms with Gasteiger partial charge in [-0.25, -0.2) is 4.79 Å². The monoisotopic (exact) mass is 460 g/mol. The van der Waals surface area contributed by atoms with Crippen molar-refractivity contribution in [3.8, 4) is 11.5 Å². The smallest absolute Gasteiger partial charge is 0.338 e. The molecule has 2 aromatic carbocycles. The number of thiazole rings is 1. The zero-order valence-corrected chi connectivity index (χ0v) is 19.5. The topological polar surface area (TPSA) is 79.1 Å². The minimum Gasteiger partial charge on any atom is -0.493 e. The van der Waals surface area contributed by atoms with Gasteiger partial charge in [-0.05, 0) is 43.5 Å². The molecule has 0 spiro atoms. The number of carbonyl (C=O) groups excluding carboxylic acids is 2. The molecule has 3 aromatic rings. The van der Waals surface area contributed by atoms with Gasteiger partial charge in [-0.1, -0.05) is 17.4 Å². The molecule has 0 saturated carbocycles. The number of fused-ring (bicyclic) bond motifs is 1. The number of aromatic nitrogens is 1. The maximum Gasteiger partial charge on any atom is 0.338 e. The lowest BCUT2D eigenvalue weighted by Crippen LogP contribution is -2.18. The van der Waals surface area contributed by atoms with E-state index in [0.717, 1.165) is 16.0 Å². The summed E-state index contributed by atoms with van der Waals surface area (Å²) in [4.78, 5) is 30.1. The Bertz CT molecular complexity index is 1170. The Morgan fingerprint density at radius 1 is 1.16 bits per heavy atom. The van der Waals surface area contributed by atoms with Gasteiger partial charge in [-0.2, -0.15) is 16.8 Å². The number of amides is 1. The number of carbonyl (C=O) groups is 2. The molecular weight excluding hydrogens is 436 g/mol. The predicted molar refractivity (Wildman–Crippen MR) is 124 cm³/mol. The fourth-order valence-corrected chi connectivity index (χ4v) is 4.56. The van der Waals surface area contributed by atoms with Gasteiger partial charge in [0.05, 0.1) is 42.2 Å². The number of hydrogen-bond acceptors (Lipinski definition) is 7. The van der Waals surface area contributed by atoms with Crippen LogP contribution in [0.25, 0.3) is 10.2 Å². The lowest BCUT2D eigenvalue weighted by Gasteiger charge is -2.10. The molecule has 31 heavy (non-hydrogen) atoms. The molecule has 3 rings (SSSR count). The number of esters is 1. The molecule has 0 bridgehead atoms. The van der Waals surface area contributed by atoms with E-state index in [2.05, 4.69) is 4.99 Å². The summed E-state index contributed by atoms with van der Waals surface area (Å²) in [6.45, 7) is 2.77. The van der Waals surface area contributed by atoms with Gasteiger partial charge < -0.3 is 18.8 Å². The summed E-state index contributed by atoms with van der Waals surface area (Å²) in [6, 6.07) is 10.5. The normalized spacial score (nSPS) is 11.5. The van der Waals surface area contributed by atoms with Crippen molar-refractivity contribution in [3.05, 3.63) is 52.3 Å². The summed E-state index contributed by atoms with van der Waals surface area (Å²) in [6.07, 6.45) is 2.02. The molecule has 0 N–H and O–H groups in total. The van der Waals surface area contributed by atoms with Gasteiger partial charge in [-0.3, -0.25) is 4.79 Å². The van der Waals surface area contributed by atoms with E-state index in [9.17, 15) is 9.59 Å². The van der Waals surface area contributed by atoms with Crippen LogP contribution in [-0.4, -0.2) is 49.3 Å². The van der Waals surface area contributed by atoms with Crippen LogP contribution in [0, 0.1) is 0 Å². The Morgan fingerprint density at radius 3 is 2.65 bits per heavy atom. The van der Waals surface area contributed by atoms with Crippen LogP contribution in [0.1, 0.15) is 27.6 Å². The van der Waals surface area contributed by atoms with Crippen LogP contribution in [0.3, 0.4) is 0 Å². The van der Waals surface area contributed by atoms with Crippen molar-refractivity contribution in [2.45, 2.75) is 13.5 Å². The summed E-state index contributed by atoms with van der Waals surface area (Å²) in [7, 11) is 3.01. The number of nitrogens with zero attached hydrogens (tertiary/aromatic N) is 2. The maximum atomic E-state index is 13.0. The average Bonchev–Trinajstić information content (AvgIpc) is 3.12. The zero-order chi connectivity index (χ0) is 22.4. The van der Waals surface area contributed by atoms with Crippen molar-refractivity contribution in [2.24, 2.45) is 4.99 Å².